The maximum absolute atomic E-state index is 3.87. The molecule has 0 aliphatic carbocycles. The van der Waals surface area contributed by atoms with E-state index in [0.29, 0.717) is 5.54 Å². The summed E-state index contributed by atoms with van der Waals surface area (Å²) in [5.41, 5.74) is 0.362. The molecule has 1 N–H and O–H groups in total. The molecule has 2 unspecified atom stereocenters. The van der Waals surface area contributed by atoms with Crippen LogP contribution in [0.2, 0.25) is 0 Å². The van der Waals surface area contributed by atoms with Gasteiger partial charge in [-0.2, -0.15) is 0 Å². The first-order valence-corrected chi connectivity index (χ1v) is 8.47. The third kappa shape index (κ3) is 4.46. The molecular weight excluding hydrogens is 232 g/mol. The topological polar surface area (TPSA) is 15.3 Å². The molecule has 114 valence electrons. The number of nitrogens with zero attached hydrogens (tertiary/aromatic N) is 1. The van der Waals surface area contributed by atoms with Crippen molar-refractivity contribution in [1.29, 1.82) is 0 Å². The summed E-state index contributed by atoms with van der Waals surface area (Å²) < 4.78 is 0. The van der Waals surface area contributed by atoms with Crippen molar-refractivity contribution in [1.82, 2.24) is 10.2 Å². The van der Waals surface area contributed by atoms with Gasteiger partial charge in [-0.1, -0.05) is 48.0 Å². The van der Waals surface area contributed by atoms with Gasteiger partial charge in [-0.15, -0.1) is 0 Å². The van der Waals surface area contributed by atoms with E-state index in [9.17, 15) is 0 Å². The van der Waals surface area contributed by atoms with Crippen molar-refractivity contribution < 1.29 is 0 Å². The molecule has 2 nitrogen and oxygen atoms in total. The van der Waals surface area contributed by atoms with Crippen LogP contribution in [-0.4, -0.2) is 36.1 Å². The first-order chi connectivity index (χ1) is 8.98. The Balaban J connectivity index is 2.73. The van der Waals surface area contributed by atoms with Gasteiger partial charge in [0.25, 0.3) is 0 Å². The summed E-state index contributed by atoms with van der Waals surface area (Å²) in [7, 11) is 0. The predicted molar refractivity (Wildman–Crippen MR) is 85.6 cm³/mol. The quantitative estimate of drug-likeness (QED) is 0.753. The number of piperazine rings is 1. The van der Waals surface area contributed by atoms with Crippen LogP contribution in [0.3, 0.4) is 0 Å². The molecule has 1 rings (SSSR count). The Kier molecular flexibility index (Phi) is 6.82. The van der Waals surface area contributed by atoms with Crippen LogP contribution in [-0.2, 0) is 0 Å². The third-order valence-electron chi connectivity index (χ3n) is 5.31. The second-order valence-corrected chi connectivity index (χ2v) is 6.97. The zero-order valence-electron chi connectivity index (χ0n) is 14.1. The largest absolute Gasteiger partial charge is 0.308 e. The van der Waals surface area contributed by atoms with E-state index in [2.05, 4.69) is 51.8 Å². The molecule has 1 saturated heterocycles. The van der Waals surface area contributed by atoms with Crippen LogP contribution >= 0.6 is 0 Å². The Morgan fingerprint density at radius 2 is 1.79 bits per heavy atom. The Labute approximate surface area is 121 Å². The molecular formula is C17H36N2. The maximum Gasteiger partial charge on any atom is 0.0304 e. The molecule has 0 aromatic carbocycles. The Morgan fingerprint density at radius 3 is 2.26 bits per heavy atom. The lowest BCUT2D eigenvalue weighted by Gasteiger charge is -2.49. The highest BCUT2D eigenvalue weighted by atomic mass is 15.3. The molecule has 2 heteroatoms. The van der Waals surface area contributed by atoms with Gasteiger partial charge < -0.3 is 5.32 Å². The van der Waals surface area contributed by atoms with Crippen molar-refractivity contribution in [2.75, 3.05) is 19.6 Å². The maximum atomic E-state index is 3.87. The average molecular weight is 268 g/mol. The summed E-state index contributed by atoms with van der Waals surface area (Å²) in [5, 5.41) is 3.87. The van der Waals surface area contributed by atoms with E-state index in [4.69, 9.17) is 0 Å². The van der Waals surface area contributed by atoms with Gasteiger partial charge in [0.2, 0.25) is 0 Å². The van der Waals surface area contributed by atoms with Crippen LogP contribution in [0, 0.1) is 11.8 Å². The fraction of sp³-hybridized carbons (Fsp3) is 1.00. The van der Waals surface area contributed by atoms with Gasteiger partial charge in [0, 0.05) is 24.7 Å². The van der Waals surface area contributed by atoms with E-state index in [0.717, 1.165) is 17.9 Å². The minimum absolute atomic E-state index is 0.362. The average Bonchev–Trinajstić information content (AvgIpc) is 2.43. The van der Waals surface area contributed by atoms with Gasteiger partial charge in [-0.25, -0.2) is 0 Å². The van der Waals surface area contributed by atoms with Crippen molar-refractivity contribution in [2.45, 2.75) is 78.8 Å². The standard InChI is InChI=1S/C17H36N2/c1-7-15(6)16-12-18-17(8-2,9-3)13-19(16)11-10-14(4)5/h14-16,18H,7-13H2,1-6H3. The monoisotopic (exact) mass is 268 g/mol. The molecule has 1 fully saturated rings. The predicted octanol–water partition coefficient (Wildman–Crippen LogP) is 3.91. The van der Waals surface area contributed by atoms with Gasteiger partial charge in [-0.05, 0) is 37.6 Å². The highest BCUT2D eigenvalue weighted by molar-refractivity contribution is 4.97. The lowest BCUT2D eigenvalue weighted by atomic mass is 9.85. The summed E-state index contributed by atoms with van der Waals surface area (Å²) >= 11 is 0. The van der Waals surface area contributed by atoms with E-state index in [1.165, 1.54) is 45.3 Å². The molecule has 1 aliphatic rings. The first-order valence-electron chi connectivity index (χ1n) is 8.47. The highest BCUT2D eigenvalue weighted by Gasteiger charge is 2.37. The third-order valence-corrected chi connectivity index (χ3v) is 5.31. The van der Waals surface area contributed by atoms with Crippen LogP contribution in [0.1, 0.15) is 67.2 Å². The van der Waals surface area contributed by atoms with Crippen molar-refractivity contribution in [2.24, 2.45) is 11.8 Å². The second kappa shape index (κ2) is 7.64. The lowest BCUT2D eigenvalue weighted by Crippen LogP contribution is -2.65. The normalized spacial score (nSPS) is 25.7. The van der Waals surface area contributed by atoms with Gasteiger partial charge >= 0.3 is 0 Å². The highest BCUT2D eigenvalue weighted by Crippen LogP contribution is 2.27. The van der Waals surface area contributed by atoms with E-state index in [1.54, 1.807) is 0 Å². The molecule has 0 saturated carbocycles. The van der Waals surface area contributed by atoms with Crippen molar-refractivity contribution >= 4 is 0 Å². The van der Waals surface area contributed by atoms with Crippen LogP contribution in [0.4, 0.5) is 0 Å². The van der Waals surface area contributed by atoms with Crippen LogP contribution < -0.4 is 5.32 Å². The van der Waals surface area contributed by atoms with E-state index < -0.39 is 0 Å². The smallest absolute Gasteiger partial charge is 0.0304 e. The minimum Gasteiger partial charge on any atom is -0.308 e. The molecule has 1 heterocycles. The molecule has 0 radical (unpaired) electrons. The molecule has 19 heavy (non-hydrogen) atoms. The van der Waals surface area contributed by atoms with Gasteiger partial charge in [0.05, 0.1) is 0 Å². The summed E-state index contributed by atoms with van der Waals surface area (Å²) in [4.78, 5) is 2.79. The Bertz CT molecular complexity index is 246. The molecule has 0 spiro atoms. The molecule has 0 aromatic heterocycles. The second-order valence-electron chi connectivity index (χ2n) is 6.97. The zero-order valence-corrected chi connectivity index (χ0v) is 14.1. The first kappa shape index (κ1) is 17.0. The number of rotatable bonds is 7. The molecule has 0 aromatic rings. The molecule has 2 atom stereocenters. The van der Waals surface area contributed by atoms with Crippen molar-refractivity contribution in [3.05, 3.63) is 0 Å². The summed E-state index contributed by atoms with van der Waals surface area (Å²) in [6.45, 7) is 17.8. The Morgan fingerprint density at radius 1 is 1.16 bits per heavy atom. The van der Waals surface area contributed by atoms with Gasteiger partial charge in [0.15, 0.2) is 0 Å². The van der Waals surface area contributed by atoms with Gasteiger partial charge in [0.1, 0.15) is 0 Å². The fourth-order valence-electron chi connectivity index (χ4n) is 3.24. The molecule has 0 amide bonds. The number of nitrogens with one attached hydrogen (secondary N) is 1. The SMILES string of the molecule is CCC(C)C1CNC(CC)(CC)CN1CCC(C)C. The number of hydrogen-bond acceptors (Lipinski definition) is 2. The zero-order chi connectivity index (χ0) is 14.5. The van der Waals surface area contributed by atoms with E-state index in [1.807, 2.05) is 0 Å². The summed E-state index contributed by atoms with van der Waals surface area (Å²) in [6.07, 6.45) is 5.11. The molecule has 1 aliphatic heterocycles. The summed E-state index contributed by atoms with van der Waals surface area (Å²) in [6, 6.07) is 0.731. The van der Waals surface area contributed by atoms with Crippen molar-refractivity contribution in [3.8, 4) is 0 Å². The summed E-state index contributed by atoms with van der Waals surface area (Å²) in [5.74, 6) is 1.61. The Hall–Kier alpha value is -0.0800. The van der Waals surface area contributed by atoms with Crippen LogP contribution in [0.5, 0.6) is 0 Å². The van der Waals surface area contributed by atoms with Crippen LogP contribution in [0.15, 0.2) is 0 Å². The number of hydrogen-bond donors (Lipinski definition) is 1. The van der Waals surface area contributed by atoms with Gasteiger partial charge in [-0.3, -0.25) is 4.90 Å². The molecule has 0 bridgehead atoms. The van der Waals surface area contributed by atoms with E-state index >= 15 is 0 Å². The van der Waals surface area contributed by atoms with E-state index in [-0.39, 0.29) is 0 Å². The van der Waals surface area contributed by atoms with Crippen molar-refractivity contribution in [3.63, 3.8) is 0 Å². The van der Waals surface area contributed by atoms with Crippen LogP contribution in [0.25, 0.3) is 0 Å². The fourth-order valence-corrected chi connectivity index (χ4v) is 3.24. The lowest BCUT2D eigenvalue weighted by molar-refractivity contribution is 0.0424. The minimum atomic E-state index is 0.362.